The molecular weight excluding hydrogens is 205 g/mol. The highest BCUT2D eigenvalue weighted by atomic mass is 35.5. The quantitative estimate of drug-likeness (QED) is 0.661. The minimum Gasteiger partial charge on any atom is -0.399 e. The molecule has 66 valence electrons. The zero-order chi connectivity index (χ0) is 9.42. The number of rotatable bonds is 0. The number of benzene rings is 2. The summed E-state index contributed by atoms with van der Waals surface area (Å²) in [6.45, 7) is 0. The lowest BCUT2D eigenvalue weighted by Crippen LogP contribution is -1.84. The van der Waals surface area contributed by atoms with E-state index in [9.17, 15) is 0 Å². The largest absolute Gasteiger partial charge is 0.399 e. The summed E-state index contributed by atoms with van der Waals surface area (Å²) >= 11 is 12.0. The van der Waals surface area contributed by atoms with Crippen molar-refractivity contribution in [2.24, 2.45) is 0 Å². The van der Waals surface area contributed by atoms with Crippen LogP contribution in [0, 0.1) is 0 Å². The fourth-order valence-electron chi connectivity index (χ4n) is 1.29. The molecule has 0 spiro atoms. The van der Waals surface area contributed by atoms with Gasteiger partial charge < -0.3 is 5.73 Å². The van der Waals surface area contributed by atoms with Gasteiger partial charge in [0.1, 0.15) is 0 Å². The van der Waals surface area contributed by atoms with Gasteiger partial charge in [0.25, 0.3) is 0 Å². The molecular formula is C10H7Cl2N. The summed E-state index contributed by atoms with van der Waals surface area (Å²) in [5, 5.41) is 3.20. The van der Waals surface area contributed by atoms with E-state index in [0.717, 1.165) is 10.8 Å². The first-order valence-corrected chi connectivity index (χ1v) is 4.57. The molecule has 0 heterocycles. The molecule has 2 aromatic rings. The van der Waals surface area contributed by atoms with Crippen LogP contribution in [0.25, 0.3) is 10.8 Å². The van der Waals surface area contributed by atoms with Gasteiger partial charge in [0.15, 0.2) is 0 Å². The molecule has 1 nitrogen and oxygen atoms in total. The fourth-order valence-corrected chi connectivity index (χ4v) is 1.74. The smallest absolute Gasteiger partial charge is 0.0486 e. The Morgan fingerprint density at radius 3 is 2.15 bits per heavy atom. The first-order valence-electron chi connectivity index (χ1n) is 3.82. The van der Waals surface area contributed by atoms with Gasteiger partial charge in [-0.15, -0.1) is 0 Å². The highest BCUT2D eigenvalue weighted by molar-refractivity contribution is 6.40. The lowest BCUT2D eigenvalue weighted by atomic mass is 10.1. The van der Waals surface area contributed by atoms with Crippen LogP contribution in [0.15, 0.2) is 30.3 Å². The number of hydrogen-bond donors (Lipinski definition) is 1. The van der Waals surface area contributed by atoms with Crippen molar-refractivity contribution in [1.82, 2.24) is 0 Å². The first kappa shape index (κ1) is 8.67. The Balaban J connectivity index is 2.92. The maximum atomic E-state index is 5.99. The average Bonchev–Trinajstić information content (AvgIpc) is 2.12. The van der Waals surface area contributed by atoms with E-state index < -0.39 is 0 Å². The van der Waals surface area contributed by atoms with Crippen LogP contribution < -0.4 is 5.73 Å². The summed E-state index contributed by atoms with van der Waals surface area (Å²) < 4.78 is 0. The van der Waals surface area contributed by atoms with E-state index in [4.69, 9.17) is 28.9 Å². The number of nitrogen functional groups attached to an aromatic ring is 1. The van der Waals surface area contributed by atoms with Crippen LogP contribution >= 0.6 is 23.2 Å². The van der Waals surface area contributed by atoms with Crippen molar-refractivity contribution < 1.29 is 0 Å². The predicted molar refractivity (Wildman–Crippen MR) is 58.4 cm³/mol. The van der Waals surface area contributed by atoms with Crippen LogP contribution in [-0.2, 0) is 0 Å². The Bertz CT molecular complexity index is 466. The van der Waals surface area contributed by atoms with Crippen molar-refractivity contribution in [2.75, 3.05) is 5.73 Å². The molecule has 2 aromatic carbocycles. The summed E-state index contributed by atoms with van der Waals surface area (Å²) in [5.41, 5.74) is 6.33. The van der Waals surface area contributed by atoms with Crippen molar-refractivity contribution in [2.45, 2.75) is 0 Å². The second-order valence-corrected chi connectivity index (χ2v) is 3.65. The summed E-state index contributed by atoms with van der Waals surface area (Å²) in [6, 6.07) is 9.06. The summed E-state index contributed by atoms with van der Waals surface area (Å²) in [6.07, 6.45) is 0. The molecule has 0 saturated heterocycles. The van der Waals surface area contributed by atoms with Crippen molar-refractivity contribution >= 4 is 39.7 Å². The highest BCUT2D eigenvalue weighted by Gasteiger charge is 2.02. The lowest BCUT2D eigenvalue weighted by Gasteiger charge is -2.03. The highest BCUT2D eigenvalue weighted by Crippen LogP contribution is 2.30. The van der Waals surface area contributed by atoms with E-state index in [-0.39, 0.29) is 0 Å². The molecule has 0 amide bonds. The second-order valence-electron chi connectivity index (χ2n) is 2.83. The molecule has 0 bridgehead atoms. The summed E-state index contributed by atoms with van der Waals surface area (Å²) in [4.78, 5) is 0. The van der Waals surface area contributed by atoms with Crippen molar-refractivity contribution in [3.63, 3.8) is 0 Å². The van der Waals surface area contributed by atoms with Gasteiger partial charge in [-0.25, -0.2) is 0 Å². The molecule has 0 aliphatic carbocycles. The lowest BCUT2D eigenvalue weighted by molar-refractivity contribution is 1.72. The molecule has 0 aliphatic heterocycles. The van der Waals surface area contributed by atoms with E-state index >= 15 is 0 Å². The average molecular weight is 212 g/mol. The van der Waals surface area contributed by atoms with Gasteiger partial charge in [0, 0.05) is 26.5 Å². The molecule has 0 atom stereocenters. The number of anilines is 1. The van der Waals surface area contributed by atoms with E-state index in [1.807, 2.05) is 18.2 Å². The molecule has 0 saturated carbocycles. The third-order valence-electron chi connectivity index (χ3n) is 1.93. The maximum absolute atomic E-state index is 5.99. The van der Waals surface area contributed by atoms with E-state index in [0.29, 0.717) is 15.7 Å². The normalized spacial score (nSPS) is 10.6. The van der Waals surface area contributed by atoms with Gasteiger partial charge in [0.2, 0.25) is 0 Å². The Labute approximate surface area is 86.1 Å². The van der Waals surface area contributed by atoms with Gasteiger partial charge in [-0.1, -0.05) is 29.3 Å². The third-order valence-corrected chi connectivity index (χ3v) is 2.59. The third kappa shape index (κ3) is 1.45. The van der Waals surface area contributed by atoms with Crippen molar-refractivity contribution in [3.05, 3.63) is 40.4 Å². The minimum absolute atomic E-state index is 0.673. The predicted octanol–water partition coefficient (Wildman–Crippen LogP) is 3.73. The SMILES string of the molecule is Nc1ccc2c(Cl)ccc(Cl)c2c1. The summed E-state index contributed by atoms with van der Waals surface area (Å²) in [5.74, 6) is 0. The van der Waals surface area contributed by atoms with Crippen molar-refractivity contribution in [1.29, 1.82) is 0 Å². The molecule has 2 N–H and O–H groups in total. The molecule has 13 heavy (non-hydrogen) atoms. The number of halogens is 2. The molecule has 0 aliphatic rings. The topological polar surface area (TPSA) is 26.0 Å². The number of fused-ring (bicyclic) bond motifs is 1. The van der Waals surface area contributed by atoms with Crippen LogP contribution in [0.4, 0.5) is 5.69 Å². The zero-order valence-corrected chi connectivity index (χ0v) is 8.23. The zero-order valence-electron chi connectivity index (χ0n) is 6.72. The first-order chi connectivity index (χ1) is 6.18. The van der Waals surface area contributed by atoms with E-state index in [1.54, 1.807) is 12.1 Å². The minimum atomic E-state index is 0.673. The van der Waals surface area contributed by atoms with Crippen LogP contribution in [0.1, 0.15) is 0 Å². The molecule has 0 fully saturated rings. The summed E-state index contributed by atoms with van der Waals surface area (Å²) in [7, 11) is 0. The van der Waals surface area contributed by atoms with Gasteiger partial charge in [-0.05, 0) is 24.3 Å². The van der Waals surface area contributed by atoms with E-state index in [2.05, 4.69) is 0 Å². The molecule has 2 rings (SSSR count). The van der Waals surface area contributed by atoms with Crippen LogP contribution in [-0.4, -0.2) is 0 Å². The standard InChI is InChI=1S/C10H7Cl2N/c11-9-3-4-10(12)8-5-6(13)1-2-7(8)9/h1-5H,13H2. The Morgan fingerprint density at radius 1 is 0.846 bits per heavy atom. The van der Waals surface area contributed by atoms with Crippen molar-refractivity contribution in [3.8, 4) is 0 Å². The number of nitrogens with two attached hydrogens (primary N) is 1. The molecule has 0 radical (unpaired) electrons. The maximum Gasteiger partial charge on any atom is 0.0486 e. The molecule has 3 heteroatoms. The Morgan fingerprint density at radius 2 is 1.46 bits per heavy atom. The van der Waals surface area contributed by atoms with Crippen LogP contribution in [0.5, 0.6) is 0 Å². The fraction of sp³-hybridized carbons (Fsp3) is 0. The Kier molecular flexibility index (Phi) is 2.06. The van der Waals surface area contributed by atoms with Gasteiger partial charge >= 0.3 is 0 Å². The van der Waals surface area contributed by atoms with Crippen LogP contribution in [0.3, 0.4) is 0 Å². The monoisotopic (exact) mass is 211 g/mol. The van der Waals surface area contributed by atoms with Gasteiger partial charge in [-0.2, -0.15) is 0 Å². The van der Waals surface area contributed by atoms with E-state index in [1.165, 1.54) is 0 Å². The Hall–Kier alpha value is -0.920. The second kappa shape index (κ2) is 3.09. The molecule has 0 unspecified atom stereocenters. The van der Waals surface area contributed by atoms with Gasteiger partial charge in [0.05, 0.1) is 0 Å². The number of hydrogen-bond acceptors (Lipinski definition) is 1. The van der Waals surface area contributed by atoms with Crippen LogP contribution in [0.2, 0.25) is 10.0 Å². The molecule has 0 aromatic heterocycles. The van der Waals surface area contributed by atoms with Gasteiger partial charge in [-0.3, -0.25) is 0 Å².